The zero-order valence-corrected chi connectivity index (χ0v) is 13.4. The maximum absolute atomic E-state index is 11.8. The molecule has 0 bridgehead atoms. The first-order valence-corrected chi connectivity index (χ1v) is 7.37. The molecule has 0 spiro atoms. The van der Waals surface area contributed by atoms with Crippen molar-refractivity contribution in [1.82, 2.24) is 5.43 Å². The fourth-order valence-electron chi connectivity index (χ4n) is 1.92. The standard InChI is InChI=1S/C17H16N4O4/c1-12-5-7-14(8-6-12)19-16(22)10-17(23)20-18-11-13-3-2-4-15(9-13)21(24)25/h2-9,11H,10H2,1H3,(H,19,22)(H,20,23). The van der Waals surface area contributed by atoms with E-state index >= 15 is 0 Å². The second-order valence-electron chi connectivity index (χ2n) is 5.24. The van der Waals surface area contributed by atoms with Gasteiger partial charge in [0.25, 0.3) is 5.69 Å². The van der Waals surface area contributed by atoms with E-state index in [4.69, 9.17) is 0 Å². The summed E-state index contributed by atoms with van der Waals surface area (Å²) in [5, 5.41) is 17.0. The van der Waals surface area contributed by atoms with E-state index in [1.807, 2.05) is 19.1 Å². The summed E-state index contributed by atoms with van der Waals surface area (Å²) < 4.78 is 0. The highest BCUT2D eigenvalue weighted by molar-refractivity contribution is 6.03. The smallest absolute Gasteiger partial charge is 0.270 e. The van der Waals surface area contributed by atoms with Crippen molar-refractivity contribution in [1.29, 1.82) is 0 Å². The molecule has 25 heavy (non-hydrogen) atoms. The number of nitrogens with zero attached hydrogens (tertiary/aromatic N) is 2. The van der Waals surface area contributed by atoms with Gasteiger partial charge in [0.2, 0.25) is 11.8 Å². The number of rotatable bonds is 6. The van der Waals surface area contributed by atoms with Crippen molar-refractivity contribution >= 4 is 29.4 Å². The fraction of sp³-hybridized carbons (Fsp3) is 0.118. The highest BCUT2D eigenvalue weighted by Crippen LogP contribution is 2.11. The first kappa shape index (κ1) is 17.8. The molecular weight excluding hydrogens is 324 g/mol. The van der Waals surface area contributed by atoms with Crippen LogP contribution in [0.25, 0.3) is 0 Å². The minimum absolute atomic E-state index is 0.0762. The number of benzene rings is 2. The molecule has 2 aromatic carbocycles. The summed E-state index contributed by atoms with van der Waals surface area (Å²) in [5.41, 5.74) is 4.25. The minimum atomic E-state index is -0.591. The lowest BCUT2D eigenvalue weighted by atomic mass is 10.2. The Bertz CT molecular complexity index is 816. The van der Waals surface area contributed by atoms with E-state index in [0.29, 0.717) is 11.3 Å². The molecule has 0 radical (unpaired) electrons. The van der Waals surface area contributed by atoms with E-state index in [0.717, 1.165) is 5.56 Å². The molecule has 2 N–H and O–H groups in total. The number of nitro groups is 1. The van der Waals surface area contributed by atoms with Gasteiger partial charge in [0.1, 0.15) is 6.42 Å². The van der Waals surface area contributed by atoms with Gasteiger partial charge in [-0.1, -0.05) is 29.8 Å². The van der Waals surface area contributed by atoms with Crippen LogP contribution in [0.3, 0.4) is 0 Å². The molecule has 8 heteroatoms. The van der Waals surface area contributed by atoms with Crippen LogP contribution < -0.4 is 10.7 Å². The monoisotopic (exact) mass is 340 g/mol. The summed E-state index contributed by atoms with van der Waals surface area (Å²) >= 11 is 0. The zero-order valence-electron chi connectivity index (χ0n) is 13.4. The van der Waals surface area contributed by atoms with Gasteiger partial charge in [0.05, 0.1) is 11.1 Å². The van der Waals surface area contributed by atoms with E-state index in [2.05, 4.69) is 15.8 Å². The Hall–Kier alpha value is -3.55. The van der Waals surface area contributed by atoms with Crippen LogP contribution in [-0.4, -0.2) is 23.0 Å². The average molecular weight is 340 g/mol. The summed E-state index contributed by atoms with van der Waals surface area (Å²) in [6.07, 6.45) is 0.878. The fourth-order valence-corrected chi connectivity index (χ4v) is 1.92. The van der Waals surface area contributed by atoms with Crippen molar-refractivity contribution < 1.29 is 14.5 Å². The third-order valence-corrected chi connectivity index (χ3v) is 3.14. The lowest BCUT2D eigenvalue weighted by Gasteiger charge is -2.04. The second kappa shape index (κ2) is 8.34. The topological polar surface area (TPSA) is 114 Å². The molecule has 0 saturated carbocycles. The molecule has 0 fully saturated rings. The average Bonchev–Trinajstić information content (AvgIpc) is 2.57. The number of hydrogen-bond donors (Lipinski definition) is 2. The van der Waals surface area contributed by atoms with Crippen LogP contribution in [0.1, 0.15) is 17.5 Å². The third-order valence-electron chi connectivity index (χ3n) is 3.14. The molecule has 0 aliphatic heterocycles. The van der Waals surface area contributed by atoms with Crippen molar-refractivity contribution in [2.75, 3.05) is 5.32 Å². The van der Waals surface area contributed by atoms with Gasteiger partial charge in [-0.3, -0.25) is 19.7 Å². The number of carbonyl (C=O) groups excluding carboxylic acids is 2. The molecule has 2 rings (SSSR count). The number of hydrazone groups is 1. The molecule has 2 amide bonds. The lowest BCUT2D eigenvalue weighted by molar-refractivity contribution is -0.384. The number of non-ortho nitro benzene ring substituents is 1. The largest absolute Gasteiger partial charge is 0.326 e. The Morgan fingerprint density at radius 2 is 1.88 bits per heavy atom. The molecule has 0 heterocycles. The van der Waals surface area contributed by atoms with Gasteiger partial charge in [-0.25, -0.2) is 5.43 Å². The number of anilines is 1. The van der Waals surface area contributed by atoms with E-state index in [1.165, 1.54) is 24.4 Å². The van der Waals surface area contributed by atoms with Crippen LogP contribution in [-0.2, 0) is 9.59 Å². The van der Waals surface area contributed by atoms with E-state index in [-0.39, 0.29) is 12.1 Å². The second-order valence-corrected chi connectivity index (χ2v) is 5.24. The molecule has 0 aliphatic carbocycles. The van der Waals surface area contributed by atoms with Gasteiger partial charge in [-0.15, -0.1) is 0 Å². The van der Waals surface area contributed by atoms with Crippen molar-refractivity contribution in [2.45, 2.75) is 13.3 Å². The Labute approximate surface area is 143 Å². The van der Waals surface area contributed by atoms with Gasteiger partial charge in [0, 0.05) is 23.4 Å². The molecule has 2 aromatic rings. The summed E-state index contributed by atoms with van der Waals surface area (Å²) in [7, 11) is 0. The van der Waals surface area contributed by atoms with E-state index < -0.39 is 16.7 Å². The Morgan fingerprint density at radius 1 is 1.16 bits per heavy atom. The SMILES string of the molecule is Cc1ccc(NC(=O)CC(=O)NN=Cc2cccc([N+](=O)[O-])c2)cc1. The predicted molar refractivity (Wildman–Crippen MR) is 93.3 cm³/mol. The van der Waals surface area contributed by atoms with Gasteiger partial charge < -0.3 is 5.32 Å². The zero-order chi connectivity index (χ0) is 18.2. The molecule has 128 valence electrons. The van der Waals surface area contributed by atoms with Crippen LogP contribution in [0.4, 0.5) is 11.4 Å². The number of amides is 2. The molecule has 0 atom stereocenters. The first-order valence-electron chi connectivity index (χ1n) is 7.37. The summed E-state index contributed by atoms with van der Waals surface area (Å²) in [6, 6.07) is 13.0. The number of nitrogens with one attached hydrogen (secondary N) is 2. The number of carbonyl (C=O) groups is 2. The van der Waals surface area contributed by atoms with Crippen LogP contribution in [0.2, 0.25) is 0 Å². The maximum Gasteiger partial charge on any atom is 0.270 e. The Balaban J connectivity index is 1.83. The Kier molecular flexibility index (Phi) is 5.94. The van der Waals surface area contributed by atoms with Crippen molar-refractivity contribution in [3.05, 3.63) is 69.8 Å². The van der Waals surface area contributed by atoms with Gasteiger partial charge in [0.15, 0.2) is 0 Å². The van der Waals surface area contributed by atoms with Gasteiger partial charge >= 0.3 is 0 Å². The quantitative estimate of drug-likeness (QED) is 0.364. The lowest BCUT2D eigenvalue weighted by Crippen LogP contribution is -2.24. The minimum Gasteiger partial charge on any atom is -0.326 e. The molecule has 0 aromatic heterocycles. The summed E-state index contributed by atoms with van der Waals surface area (Å²) in [6.45, 7) is 1.93. The van der Waals surface area contributed by atoms with Crippen LogP contribution in [0.15, 0.2) is 53.6 Å². The van der Waals surface area contributed by atoms with Crippen molar-refractivity contribution in [3.63, 3.8) is 0 Å². The number of hydrogen-bond acceptors (Lipinski definition) is 5. The molecule has 0 aliphatic rings. The van der Waals surface area contributed by atoms with Crippen molar-refractivity contribution in [2.24, 2.45) is 5.10 Å². The summed E-state index contributed by atoms with van der Waals surface area (Å²) in [5.74, 6) is -1.06. The number of aryl methyl sites for hydroxylation is 1. The van der Waals surface area contributed by atoms with E-state index in [9.17, 15) is 19.7 Å². The number of nitro benzene ring substituents is 1. The van der Waals surface area contributed by atoms with Crippen molar-refractivity contribution in [3.8, 4) is 0 Å². The maximum atomic E-state index is 11.8. The van der Waals surface area contributed by atoms with Crippen LogP contribution in [0.5, 0.6) is 0 Å². The third kappa shape index (κ3) is 5.87. The van der Waals surface area contributed by atoms with Crippen LogP contribution in [0, 0.1) is 17.0 Å². The van der Waals surface area contributed by atoms with Gasteiger partial charge in [-0.2, -0.15) is 5.10 Å². The molecule has 8 nitrogen and oxygen atoms in total. The first-order chi connectivity index (χ1) is 11.9. The summed E-state index contributed by atoms with van der Waals surface area (Å²) in [4.78, 5) is 33.6. The highest BCUT2D eigenvalue weighted by atomic mass is 16.6. The molecule has 0 unspecified atom stereocenters. The van der Waals surface area contributed by atoms with E-state index in [1.54, 1.807) is 18.2 Å². The molecule has 0 saturated heterocycles. The van der Waals surface area contributed by atoms with Gasteiger partial charge in [-0.05, 0) is 19.1 Å². The normalized spacial score (nSPS) is 10.4. The van der Waals surface area contributed by atoms with Crippen LogP contribution >= 0.6 is 0 Å². The predicted octanol–water partition coefficient (Wildman–Crippen LogP) is 2.38. The highest BCUT2D eigenvalue weighted by Gasteiger charge is 2.09. The molecular formula is C17H16N4O4. The Morgan fingerprint density at radius 3 is 2.56 bits per heavy atom.